The lowest BCUT2D eigenvalue weighted by atomic mass is 10.2. The first-order valence-electron chi connectivity index (χ1n) is 6.31. The second-order valence-electron chi connectivity index (χ2n) is 4.70. The van der Waals surface area contributed by atoms with Crippen molar-refractivity contribution in [2.24, 2.45) is 0 Å². The summed E-state index contributed by atoms with van der Waals surface area (Å²) in [4.78, 5) is 29.1. The summed E-state index contributed by atoms with van der Waals surface area (Å²) in [7, 11) is 0. The molecule has 1 N–H and O–H groups in total. The number of piperazine rings is 1. The maximum atomic E-state index is 12.2. The second-order valence-corrected chi connectivity index (χ2v) is 5.99. The smallest absolute Gasteiger partial charge is 0.264 e. The molecule has 104 valence electrons. The SMILES string of the molecule is Cc1ccc(C(=O)N2CCN(C(=O)C(C)O)CC2)s1. The summed E-state index contributed by atoms with van der Waals surface area (Å²) in [5.74, 6) is -0.235. The number of carbonyl (C=O) groups is 2. The molecule has 6 heteroatoms. The van der Waals surface area contributed by atoms with Gasteiger partial charge in [0.05, 0.1) is 4.88 Å². The number of nitrogens with zero attached hydrogens (tertiary/aromatic N) is 2. The maximum Gasteiger partial charge on any atom is 0.264 e. The molecule has 5 nitrogen and oxygen atoms in total. The van der Waals surface area contributed by atoms with E-state index in [2.05, 4.69) is 0 Å². The predicted molar refractivity (Wildman–Crippen MR) is 73.2 cm³/mol. The van der Waals surface area contributed by atoms with Crippen molar-refractivity contribution in [3.05, 3.63) is 21.9 Å². The molecule has 19 heavy (non-hydrogen) atoms. The summed E-state index contributed by atoms with van der Waals surface area (Å²) < 4.78 is 0. The number of hydrogen-bond acceptors (Lipinski definition) is 4. The van der Waals surface area contributed by atoms with Gasteiger partial charge in [-0.2, -0.15) is 0 Å². The van der Waals surface area contributed by atoms with Crippen molar-refractivity contribution in [2.75, 3.05) is 26.2 Å². The highest BCUT2D eigenvalue weighted by Gasteiger charge is 2.26. The number of aliphatic hydroxyl groups is 1. The van der Waals surface area contributed by atoms with Gasteiger partial charge in [0.2, 0.25) is 0 Å². The summed E-state index contributed by atoms with van der Waals surface area (Å²) >= 11 is 1.49. The van der Waals surface area contributed by atoms with Crippen LogP contribution >= 0.6 is 11.3 Å². The molecular formula is C13H18N2O3S. The van der Waals surface area contributed by atoms with Crippen LogP contribution in [0.5, 0.6) is 0 Å². The zero-order chi connectivity index (χ0) is 14.0. The van der Waals surface area contributed by atoms with Gasteiger partial charge in [-0.25, -0.2) is 0 Å². The predicted octanol–water partition coefficient (Wildman–Crippen LogP) is 0.722. The Morgan fingerprint density at radius 2 is 1.79 bits per heavy atom. The normalized spacial score (nSPS) is 17.4. The fraction of sp³-hybridized carbons (Fsp3) is 0.538. The standard InChI is InChI=1S/C13H18N2O3S/c1-9-3-4-11(19-9)13(18)15-7-5-14(6-8-15)12(17)10(2)16/h3-4,10,16H,5-8H2,1-2H3. The molecule has 1 aromatic rings. The van der Waals surface area contributed by atoms with E-state index in [1.54, 1.807) is 9.80 Å². The lowest BCUT2D eigenvalue weighted by molar-refractivity contribution is -0.140. The average molecular weight is 282 g/mol. The van der Waals surface area contributed by atoms with Crippen molar-refractivity contribution >= 4 is 23.2 Å². The molecule has 0 spiro atoms. The van der Waals surface area contributed by atoms with Crippen LogP contribution in [-0.4, -0.2) is 59.0 Å². The molecule has 0 saturated carbocycles. The summed E-state index contributed by atoms with van der Waals surface area (Å²) in [6, 6.07) is 3.78. The van der Waals surface area contributed by atoms with Crippen LogP contribution in [0.25, 0.3) is 0 Å². The van der Waals surface area contributed by atoms with Gasteiger partial charge >= 0.3 is 0 Å². The molecule has 2 rings (SSSR count). The third kappa shape index (κ3) is 3.13. The van der Waals surface area contributed by atoms with Crippen LogP contribution in [0, 0.1) is 6.92 Å². The first kappa shape index (κ1) is 14.0. The number of rotatable bonds is 2. The summed E-state index contributed by atoms with van der Waals surface area (Å²) in [5, 5.41) is 9.26. The Hall–Kier alpha value is -1.40. The highest BCUT2D eigenvalue weighted by molar-refractivity contribution is 7.13. The van der Waals surface area contributed by atoms with Crippen LogP contribution in [0.4, 0.5) is 0 Å². The lowest BCUT2D eigenvalue weighted by Crippen LogP contribution is -2.52. The van der Waals surface area contributed by atoms with Gasteiger partial charge < -0.3 is 14.9 Å². The minimum absolute atomic E-state index is 0.0299. The monoisotopic (exact) mass is 282 g/mol. The van der Waals surface area contributed by atoms with E-state index < -0.39 is 6.10 Å². The van der Waals surface area contributed by atoms with Gasteiger partial charge in [-0.3, -0.25) is 9.59 Å². The first-order chi connectivity index (χ1) is 8.99. The van der Waals surface area contributed by atoms with Gasteiger partial charge in [-0.05, 0) is 26.0 Å². The molecule has 2 amide bonds. The third-order valence-electron chi connectivity index (χ3n) is 3.19. The van der Waals surface area contributed by atoms with Crippen LogP contribution in [0.1, 0.15) is 21.5 Å². The Morgan fingerprint density at radius 3 is 2.26 bits per heavy atom. The van der Waals surface area contributed by atoms with Crippen molar-refractivity contribution in [3.63, 3.8) is 0 Å². The highest BCUT2D eigenvalue weighted by Crippen LogP contribution is 2.18. The molecule has 0 radical (unpaired) electrons. The van der Waals surface area contributed by atoms with Crippen molar-refractivity contribution in [3.8, 4) is 0 Å². The summed E-state index contributed by atoms with van der Waals surface area (Å²) in [6.07, 6.45) is -0.970. The largest absolute Gasteiger partial charge is 0.384 e. The third-order valence-corrected chi connectivity index (χ3v) is 4.18. The van der Waals surface area contributed by atoms with Crippen molar-refractivity contribution in [1.29, 1.82) is 0 Å². The summed E-state index contributed by atoms with van der Waals surface area (Å²) in [5.41, 5.74) is 0. The fourth-order valence-corrected chi connectivity index (χ4v) is 2.93. The minimum atomic E-state index is -0.970. The van der Waals surface area contributed by atoms with Crippen molar-refractivity contribution in [1.82, 2.24) is 9.80 Å². The Balaban J connectivity index is 1.93. The number of hydrogen-bond donors (Lipinski definition) is 1. The van der Waals surface area contributed by atoms with E-state index in [-0.39, 0.29) is 11.8 Å². The van der Waals surface area contributed by atoms with Gasteiger partial charge in [0.25, 0.3) is 11.8 Å². The highest BCUT2D eigenvalue weighted by atomic mass is 32.1. The molecular weight excluding hydrogens is 264 g/mol. The van der Waals surface area contributed by atoms with Crippen LogP contribution in [0.2, 0.25) is 0 Å². The molecule has 1 atom stereocenters. The molecule has 0 aliphatic carbocycles. The molecule has 2 heterocycles. The minimum Gasteiger partial charge on any atom is -0.384 e. The van der Waals surface area contributed by atoms with E-state index in [4.69, 9.17) is 0 Å². The second kappa shape index (κ2) is 5.71. The van der Waals surface area contributed by atoms with Crippen LogP contribution < -0.4 is 0 Å². The van der Waals surface area contributed by atoms with Gasteiger partial charge in [-0.15, -0.1) is 11.3 Å². The average Bonchev–Trinajstić information content (AvgIpc) is 2.84. The Bertz CT molecular complexity index is 476. The number of aliphatic hydroxyl groups excluding tert-OH is 1. The van der Waals surface area contributed by atoms with Gasteiger partial charge in [0.1, 0.15) is 6.10 Å². The van der Waals surface area contributed by atoms with E-state index in [1.165, 1.54) is 18.3 Å². The zero-order valence-electron chi connectivity index (χ0n) is 11.1. The molecule has 0 aromatic carbocycles. The first-order valence-corrected chi connectivity index (χ1v) is 7.13. The van der Waals surface area contributed by atoms with Gasteiger partial charge in [0, 0.05) is 31.1 Å². The topological polar surface area (TPSA) is 60.9 Å². The van der Waals surface area contributed by atoms with E-state index in [0.29, 0.717) is 26.2 Å². The van der Waals surface area contributed by atoms with Gasteiger partial charge in [-0.1, -0.05) is 0 Å². The Labute approximate surface area is 116 Å². The van der Waals surface area contributed by atoms with E-state index in [1.807, 2.05) is 19.1 Å². The Kier molecular flexibility index (Phi) is 4.21. The maximum absolute atomic E-state index is 12.2. The number of aryl methyl sites for hydroxylation is 1. The molecule has 1 aliphatic rings. The number of carbonyl (C=O) groups excluding carboxylic acids is 2. The molecule has 1 unspecified atom stereocenters. The molecule has 1 saturated heterocycles. The molecule has 1 fully saturated rings. The number of amides is 2. The van der Waals surface area contributed by atoms with E-state index in [9.17, 15) is 14.7 Å². The molecule has 1 aliphatic heterocycles. The quantitative estimate of drug-likeness (QED) is 0.869. The molecule has 1 aromatic heterocycles. The lowest BCUT2D eigenvalue weighted by Gasteiger charge is -2.35. The fourth-order valence-electron chi connectivity index (χ4n) is 2.10. The van der Waals surface area contributed by atoms with Crippen LogP contribution in [0.15, 0.2) is 12.1 Å². The van der Waals surface area contributed by atoms with Crippen LogP contribution in [0.3, 0.4) is 0 Å². The van der Waals surface area contributed by atoms with Crippen LogP contribution in [-0.2, 0) is 4.79 Å². The zero-order valence-corrected chi connectivity index (χ0v) is 11.9. The molecule has 0 bridgehead atoms. The Morgan fingerprint density at radius 1 is 1.21 bits per heavy atom. The van der Waals surface area contributed by atoms with E-state index in [0.717, 1.165) is 9.75 Å². The number of thiophene rings is 1. The summed E-state index contributed by atoms with van der Waals surface area (Å²) in [6.45, 7) is 5.46. The van der Waals surface area contributed by atoms with Crippen molar-refractivity contribution < 1.29 is 14.7 Å². The van der Waals surface area contributed by atoms with Crippen molar-refractivity contribution in [2.45, 2.75) is 20.0 Å². The van der Waals surface area contributed by atoms with Gasteiger partial charge in [0.15, 0.2) is 0 Å². The van der Waals surface area contributed by atoms with E-state index >= 15 is 0 Å².